The molecule has 1 saturated heterocycles. The number of hydrogen-bond acceptors (Lipinski definition) is 3. The molecule has 1 fully saturated rings. The zero-order chi connectivity index (χ0) is 22.9. The van der Waals surface area contributed by atoms with E-state index in [4.69, 9.17) is 10.5 Å². The Labute approximate surface area is 184 Å². The Kier molecular flexibility index (Phi) is 5.97. The fourth-order valence-electron chi connectivity index (χ4n) is 4.66. The molecule has 2 atom stereocenters. The maximum absolute atomic E-state index is 13.0. The third-order valence-electron chi connectivity index (χ3n) is 6.48. The van der Waals surface area contributed by atoms with Crippen LogP contribution in [-0.2, 0) is 22.3 Å². The first-order chi connectivity index (χ1) is 15.2. The number of primary amides is 1. The first kappa shape index (κ1) is 22.3. The summed E-state index contributed by atoms with van der Waals surface area (Å²) in [4.78, 5) is 14.9. The fourth-order valence-corrected chi connectivity index (χ4v) is 4.66. The van der Waals surface area contributed by atoms with Crippen LogP contribution in [0.15, 0.2) is 66.7 Å². The van der Waals surface area contributed by atoms with Crippen molar-refractivity contribution in [3.8, 4) is 0 Å². The largest absolute Gasteiger partial charge is 0.416 e. The lowest BCUT2D eigenvalue weighted by Gasteiger charge is -2.48. The maximum atomic E-state index is 13.0. The second kappa shape index (κ2) is 8.56. The Bertz CT molecular complexity index is 1110. The van der Waals surface area contributed by atoms with Crippen LogP contribution in [0.25, 0.3) is 10.8 Å². The van der Waals surface area contributed by atoms with E-state index in [0.717, 1.165) is 28.5 Å². The number of carbonyl (C=O) groups is 1. The summed E-state index contributed by atoms with van der Waals surface area (Å²) < 4.78 is 44.6. The Morgan fingerprint density at radius 1 is 1.09 bits per heavy atom. The van der Waals surface area contributed by atoms with Gasteiger partial charge in [-0.3, -0.25) is 9.69 Å². The summed E-state index contributed by atoms with van der Waals surface area (Å²) in [6, 6.07) is 18.9. The van der Waals surface area contributed by atoms with Crippen LogP contribution in [0.1, 0.15) is 29.5 Å². The predicted octanol–water partition coefficient (Wildman–Crippen LogP) is 4.72. The highest BCUT2D eigenvalue weighted by atomic mass is 19.4. The van der Waals surface area contributed by atoms with E-state index >= 15 is 0 Å². The topological polar surface area (TPSA) is 55.6 Å². The number of nitrogens with zero attached hydrogens (tertiary/aromatic N) is 1. The first-order valence-corrected chi connectivity index (χ1v) is 10.5. The van der Waals surface area contributed by atoms with Crippen molar-refractivity contribution in [1.82, 2.24) is 4.90 Å². The van der Waals surface area contributed by atoms with Crippen molar-refractivity contribution in [3.05, 3.63) is 83.4 Å². The van der Waals surface area contributed by atoms with Gasteiger partial charge in [0.1, 0.15) is 5.54 Å². The van der Waals surface area contributed by atoms with Crippen LogP contribution in [0.4, 0.5) is 13.2 Å². The standard InChI is InChI=1S/C25H25F3N2O2/c1-17(21-8-4-6-19-5-2-3-7-22(19)21)24(23(29)31)16-32-14-13-30(24)15-18-9-11-20(12-10-18)25(26,27)28/h2-12,17H,13-16H2,1H3,(H2,29,31)/t17-,24?/m1/s1. The number of ether oxygens (including phenoxy) is 1. The third-order valence-corrected chi connectivity index (χ3v) is 6.48. The molecule has 1 heterocycles. The van der Waals surface area contributed by atoms with Crippen molar-refractivity contribution in [2.45, 2.75) is 31.1 Å². The van der Waals surface area contributed by atoms with E-state index in [1.165, 1.54) is 12.1 Å². The van der Waals surface area contributed by atoms with Crippen molar-refractivity contribution in [2.75, 3.05) is 19.8 Å². The van der Waals surface area contributed by atoms with Crippen LogP contribution >= 0.6 is 0 Å². The molecular formula is C25H25F3N2O2. The van der Waals surface area contributed by atoms with Gasteiger partial charge in [0.2, 0.25) is 5.91 Å². The smallest absolute Gasteiger partial charge is 0.378 e. The van der Waals surface area contributed by atoms with Gasteiger partial charge in [-0.15, -0.1) is 0 Å². The van der Waals surface area contributed by atoms with Gasteiger partial charge in [0.25, 0.3) is 0 Å². The molecule has 4 rings (SSSR count). The number of amides is 1. The van der Waals surface area contributed by atoms with Crippen LogP contribution in [-0.4, -0.2) is 36.1 Å². The summed E-state index contributed by atoms with van der Waals surface area (Å²) in [7, 11) is 0. The van der Waals surface area contributed by atoms with Crippen molar-refractivity contribution in [3.63, 3.8) is 0 Å². The summed E-state index contributed by atoms with van der Waals surface area (Å²) in [6.07, 6.45) is -4.39. The fraction of sp³-hybridized carbons (Fsp3) is 0.320. The molecular weight excluding hydrogens is 417 g/mol. The van der Waals surface area contributed by atoms with Gasteiger partial charge in [-0.1, -0.05) is 61.5 Å². The highest BCUT2D eigenvalue weighted by molar-refractivity contribution is 5.90. The molecule has 168 valence electrons. The van der Waals surface area contributed by atoms with Crippen LogP contribution in [0.2, 0.25) is 0 Å². The molecule has 0 aliphatic carbocycles. The number of hydrogen-bond donors (Lipinski definition) is 1. The number of rotatable bonds is 5. The van der Waals surface area contributed by atoms with Gasteiger partial charge < -0.3 is 10.5 Å². The van der Waals surface area contributed by atoms with Gasteiger partial charge in [0.05, 0.1) is 18.8 Å². The number of carbonyl (C=O) groups excluding carboxylic acids is 1. The molecule has 1 unspecified atom stereocenters. The monoisotopic (exact) mass is 442 g/mol. The lowest BCUT2D eigenvalue weighted by atomic mass is 9.76. The molecule has 2 N–H and O–H groups in total. The molecule has 1 amide bonds. The van der Waals surface area contributed by atoms with E-state index in [9.17, 15) is 18.0 Å². The first-order valence-electron chi connectivity index (χ1n) is 10.5. The number of alkyl halides is 3. The minimum Gasteiger partial charge on any atom is -0.378 e. The molecule has 7 heteroatoms. The summed E-state index contributed by atoms with van der Waals surface area (Å²) >= 11 is 0. The molecule has 0 saturated carbocycles. The predicted molar refractivity (Wildman–Crippen MR) is 117 cm³/mol. The summed E-state index contributed by atoms with van der Waals surface area (Å²) in [5.41, 5.74) is 5.82. The second-order valence-corrected chi connectivity index (χ2v) is 8.25. The lowest BCUT2D eigenvalue weighted by Crippen LogP contribution is -2.66. The average Bonchev–Trinajstić information content (AvgIpc) is 2.78. The van der Waals surface area contributed by atoms with Crippen LogP contribution in [0.5, 0.6) is 0 Å². The molecule has 1 aliphatic rings. The van der Waals surface area contributed by atoms with Crippen LogP contribution in [0, 0.1) is 0 Å². The third kappa shape index (κ3) is 3.98. The van der Waals surface area contributed by atoms with E-state index in [-0.39, 0.29) is 12.5 Å². The van der Waals surface area contributed by atoms with Gasteiger partial charge in [-0.05, 0) is 34.0 Å². The molecule has 0 radical (unpaired) electrons. The Morgan fingerprint density at radius 3 is 2.47 bits per heavy atom. The van der Waals surface area contributed by atoms with Crippen LogP contribution < -0.4 is 5.73 Å². The number of nitrogens with two attached hydrogens (primary N) is 1. The minimum atomic E-state index is -4.39. The van der Waals surface area contributed by atoms with Crippen molar-refractivity contribution in [2.24, 2.45) is 5.73 Å². The van der Waals surface area contributed by atoms with E-state index in [0.29, 0.717) is 25.3 Å². The van der Waals surface area contributed by atoms with E-state index in [1.807, 2.05) is 54.3 Å². The summed E-state index contributed by atoms with van der Waals surface area (Å²) in [6.45, 7) is 3.23. The molecule has 3 aromatic rings. The molecule has 1 aliphatic heterocycles. The van der Waals surface area contributed by atoms with E-state index in [2.05, 4.69) is 0 Å². The summed E-state index contributed by atoms with van der Waals surface area (Å²) in [5, 5.41) is 2.09. The number of morpholine rings is 1. The molecule has 3 aromatic carbocycles. The van der Waals surface area contributed by atoms with Crippen molar-refractivity contribution in [1.29, 1.82) is 0 Å². The molecule has 0 spiro atoms. The highest BCUT2D eigenvalue weighted by Crippen LogP contribution is 2.39. The Morgan fingerprint density at radius 2 is 1.78 bits per heavy atom. The van der Waals surface area contributed by atoms with E-state index in [1.54, 1.807) is 0 Å². The molecule has 0 aromatic heterocycles. The summed E-state index contributed by atoms with van der Waals surface area (Å²) in [5.74, 6) is -0.814. The van der Waals surface area contributed by atoms with Crippen LogP contribution in [0.3, 0.4) is 0 Å². The van der Waals surface area contributed by atoms with Crippen molar-refractivity contribution >= 4 is 16.7 Å². The van der Waals surface area contributed by atoms with Gasteiger partial charge in [0, 0.05) is 19.0 Å². The number of halogens is 3. The second-order valence-electron chi connectivity index (χ2n) is 8.25. The zero-order valence-electron chi connectivity index (χ0n) is 17.7. The molecule has 0 bridgehead atoms. The van der Waals surface area contributed by atoms with Gasteiger partial charge >= 0.3 is 6.18 Å². The SMILES string of the molecule is C[C@H](c1cccc2ccccc12)C1(C(N)=O)COCCN1Cc1ccc(C(F)(F)F)cc1. The number of benzene rings is 3. The van der Waals surface area contributed by atoms with Gasteiger partial charge in [0.15, 0.2) is 0 Å². The Balaban J connectivity index is 1.72. The van der Waals surface area contributed by atoms with E-state index < -0.39 is 23.2 Å². The van der Waals surface area contributed by atoms with Crippen molar-refractivity contribution < 1.29 is 22.7 Å². The molecule has 32 heavy (non-hydrogen) atoms. The Hall–Kier alpha value is -2.90. The average molecular weight is 442 g/mol. The normalized spacial score (nSPS) is 20.9. The van der Waals surface area contributed by atoms with Gasteiger partial charge in [-0.25, -0.2) is 0 Å². The minimum absolute atomic E-state index is 0.118. The maximum Gasteiger partial charge on any atom is 0.416 e. The highest BCUT2D eigenvalue weighted by Gasteiger charge is 2.50. The molecule has 4 nitrogen and oxygen atoms in total. The zero-order valence-corrected chi connectivity index (χ0v) is 17.7. The number of fused-ring (bicyclic) bond motifs is 1. The quantitative estimate of drug-likeness (QED) is 0.622. The lowest BCUT2D eigenvalue weighted by molar-refractivity contribution is -0.147. The van der Waals surface area contributed by atoms with Gasteiger partial charge in [-0.2, -0.15) is 13.2 Å².